The first kappa shape index (κ1) is 52.9. The van der Waals surface area contributed by atoms with Crippen LogP contribution in [-0.2, 0) is 19.1 Å². The van der Waals surface area contributed by atoms with Gasteiger partial charge in [0.2, 0.25) is 6.29 Å². The minimum atomic E-state index is -0.711. The second-order valence-electron chi connectivity index (χ2n) is 17.1. The van der Waals surface area contributed by atoms with Crippen LogP contribution in [0.25, 0.3) is 0 Å². The lowest BCUT2D eigenvalue weighted by atomic mass is 10.0. The van der Waals surface area contributed by atoms with E-state index in [1.165, 1.54) is 225 Å². The number of carbonyl (C=O) groups excluding carboxylic acids is 2. The predicted molar refractivity (Wildman–Crippen MR) is 236 cm³/mol. The van der Waals surface area contributed by atoms with Gasteiger partial charge in [0.1, 0.15) is 0 Å². The molecule has 0 aliphatic carbocycles. The minimum Gasteiger partial charge on any atom is -0.425 e. The van der Waals surface area contributed by atoms with Crippen LogP contribution < -0.4 is 0 Å². The van der Waals surface area contributed by atoms with Gasteiger partial charge < -0.3 is 9.47 Å². The number of hydrogen-bond donors (Lipinski definition) is 0. The highest BCUT2D eigenvalue weighted by atomic mass is 16.7. The van der Waals surface area contributed by atoms with Crippen molar-refractivity contribution in [1.82, 2.24) is 0 Å². The highest BCUT2D eigenvalue weighted by molar-refractivity contribution is 5.71. The third kappa shape index (κ3) is 43.7. The number of esters is 2. The Labute approximate surface area is 339 Å². The van der Waals surface area contributed by atoms with Gasteiger partial charge >= 0.3 is 11.9 Å². The van der Waals surface area contributed by atoms with Gasteiger partial charge in [-0.15, -0.1) is 0 Å². The summed E-state index contributed by atoms with van der Waals surface area (Å²) < 4.78 is 11.5. The zero-order valence-electron chi connectivity index (χ0n) is 37.3. The first-order chi connectivity index (χ1) is 26.6. The lowest BCUT2D eigenvalue weighted by Crippen LogP contribution is -2.24. The molecular weight excluding hydrogens is 665 g/mol. The van der Waals surface area contributed by atoms with E-state index in [0.717, 1.165) is 38.5 Å². The summed E-state index contributed by atoms with van der Waals surface area (Å²) in [6, 6.07) is 0. The first-order valence-corrected chi connectivity index (χ1v) is 25.0. The van der Waals surface area contributed by atoms with E-state index in [1.807, 2.05) is 0 Å². The molecule has 0 heterocycles. The van der Waals surface area contributed by atoms with Gasteiger partial charge in [0.05, 0.1) is 0 Å². The van der Waals surface area contributed by atoms with E-state index in [-0.39, 0.29) is 11.9 Å². The van der Waals surface area contributed by atoms with E-state index in [9.17, 15) is 9.59 Å². The molecular formula is C50H98O4. The molecule has 0 radical (unpaired) electrons. The second-order valence-corrected chi connectivity index (χ2v) is 17.1. The molecule has 0 aromatic heterocycles. The van der Waals surface area contributed by atoms with E-state index < -0.39 is 6.29 Å². The molecule has 0 aliphatic rings. The molecule has 54 heavy (non-hydrogen) atoms. The zero-order valence-corrected chi connectivity index (χ0v) is 37.3. The van der Waals surface area contributed by atoms with Gasteiger partial charge in [-0.05, 0) is 19.3 Å². The zero-order chi connectivity index (χ0) is 39.3. The Balaban J connectivity index is 3.97. The molecule has 0 atom stereocenters. The number of unbranched alkanes of at least 4 members (excludes halogenated alkanes) is 38. The summed E-state index contributed by atoms with van der Waals surface area (Å²) in [5, 5.41) is 0. The molecule has 0 unspecified atom stereocenters. The van der Waals surface area contributed by atoms with Crippen LogP contribution in [0.1, 0.15) is 303 Å². The summed E-state index contributed by atoms with van der Waals surface area (Å²) in [4.78, 5) is 25.4. The van der Waals surface area contributed by atoms with E-state index in [2.05, 4.69) is 20.8 Å². The molecule has 0 spiro atoms. The normalized spacial score (nSPS) is 11.5. The average Bonchev–Trinajstić information content (AvgIpc) is 3.16. The molecule has 0 aromatic carbocycles. The summed E-state index contributed by atoms with van der Waals surface area (Å²) in [6.07, 6.45) is 54.3. The number of carbonyl (C=O) groups is 2. The monoisotopic (exact) mass is 763 g/mol. The smallest absolute Gasteiger partial charge is 0.308 e. The van der Waals surface area contributed by atoms with Crippen LogP contribution in [0.2, 0.25) is 0 Å². The van der Waals surface area contributed by atoms with Crippen molar-refractivity contribution in [3.05, 3.63) is 0 Å². The van der Waals surface area contributed by atoms with Crippen molar-refractivity contribution in [2.45, 2.75) is 310 Å². The highest BCUT2D eigenvalue weighted by Crippen LogP contribution is 2.18. The van der Waals surface area contributed by atoms with E-state index in [0.29, 0.717) is 19.3 Å². The third-order valence-electron chi connectivity index (χ3n) is 11.5. The van der Waals surface area contributed by atoms with Crippen molar-refractivity contribution in [2.24, 2.45) is 0 Å². The van der Waals surface area contributed by atoms with Crippen LogP contribution >= 0.6 is 0 Å². The topological polar surface area (TPSA) is 52.6 Å². The van der Waals surface area contributed by atoms with Gasteiger partial charge in [0.15, 0.2) is 0 Å². The number of rotatable bonds is 46. The first-order valence-electron chi connectivity index (χ1n) is 25.0. The van der Waals surface area contributed by atoms with Crippen molar-refractivity contribution in [2.75, 3.05) is 0 Å². The summed E-state index contributed by atoms with van der Waals surface area (Å²) >= 11 is 0. The lowest BCUT2D eigenvalue weighted by Gasteiger charge is -2.18. The summed E-state index contributed by atoms with van der Waals surface area (Å²) in [5.41, 5.74) is 0. The molecule has 0 amide bonds. The molecule has 0 N–H and O–H groups in total. The van der Waals surface area contributed by atoms with E-state index >= 15 is 0 Å². The molecule has 4 nitrogen and oxygen atoms in total. The van der Waals surface area contributed by atoms with Crippen molar-refractivity contribution in [3.63, 3.8) is 0 Å². The van der Waals surface area contributed by atoms with Crippen molar-refractivity contribution >= 4 is 11.9 Å². The van der Waals surface area contributed by atoms with Gasteiger partial charge in [-0.3, -0.25) is 9.59 Å². The average molecular weight is 763 g/mol. The Morgan fingerprint density at radius 1 is 0.278 bits per heavy atom. The minimum absolute atomic E-state index is 0.200. The molecule has 4 heteroatoms. The largest absolute Gasteiger partial charge is 0.425 e. The van der Waals surface area contributed by atoms with Gasteiger partial charge in [-0.1, -0.05) is 265 Å². The fraction of sp³-hybridized carbons (Fsp3) is 0.960. The maximum atomic E-state index is 12.7. The fourth-order valence-corrected chi connectivity index (χ4v) is 7.81. The molecule has 0 rings (SSSR count). The molecule has 322 valence electrons. The van der Waals surface area contributed by atoms with Crippen molar-refractivity contribution < 1.29 is 19.1 Å². The van der Waals surface area contributed by atoms with Crippen molar-refractivity contribution in [1.29, 1.82) is 0 Å². The third-order valence-corrected chi connectivity index (χ3v) is 11.5. The standard InChI is InChI=1S/C50H98O4/c1-4-7-10-13-16-18-20-22-24-26-28-30-32-34-37-39-42-45-48(51)53-50(47-44-41-36-15-12-9-6-3)54-49(52)46-43-40-38-35-33-31-29-27-25-23-21-19-17-14-11-8-5-2/h50H,4-47H2,1-3H3. The van der Waals surface area contributed by atoms with Crippen LogP contribution in [0.3, 0.4) is 0 Å². The van der Waals surface area contributed by atoms with E-state index in [4.69, 9.17) is 9.47 Å². The molecule has 0 saturated carbocycles. The van der Waals surface area contributed by atoms with Gasteiger partial charge in [0.25, 0.3) is 0 Å². The Kier molecular flexibility index (Phi) is 45.4. The van der Waals surface area contributed by atoms with Gasteiger partial charge in [-0.25, -0.2) is 0 Å². The molecule has 0 bridgehead atoms. The second kappa shape index (κ2) is 46.3. The van der Waals surface area contributed by atoms with Crippen LogP contribution in [0.15, 0.2) is 0 Å². The predicted octanol–water partition coefficient (Wildman–Crippen LogP) is 17.6. The Morgan fingerprint density at radius 2 is 0.463 bits per heavy atom. The van der Waals surface area contributed by atoms with Crippen LogP contribution in [0, 0.1) is 0 Å². The van der Waals surface area contributed by atoms with Gasteiger partial charge in [0, 0.05) is 19.3 Å². The summed E-state index contributed by atoms with van der Waals surface area (Å²) in [7, 11) is 0. The van der Waals surface area contributed by atoms with Crippen LogP contribution in [0.5, 0.6) is 0 Å². The number of hydrogen-bond acceptors (Lipinski definition) is 4. The Bertz CT molecular complexity index is 684. The molecule has 0 saturated heterocycles. The Hall–Kier alpha value is -1.06. The van der Waals surface area contributed by atoms with Crippen LogP contribution in [0.4, 0.5) is 0 Å². The fourth-order valence-electron chi connectivity index (χ4n) is 7.81. The summed E-state index contributed by atoms with van der Waals surface area (Å²) in [5.74, 6) is -0.399. The van der Waals surface area contributed by atoms with Crippen LogP contribution in [-0.4, -0.2) is 18.2 Å². The quantitative estimate of drug-likeness (QED) is 0.0352. The maximum Gasteiger partial charge on any atom is 0.308 e. The lowest BCUT2D eigenvalue weighted by molar-refractivity contribution is -0.189. The highest BCUT2D eigenvalue weighted by Gasteiger charge is 2.18. The van der Waals surface area contributed by atoms with E-state index in [1.54, 1.807) is 0 Å². The SMILES string of the molecule is CCCCCCCCCCCCCCCCCCCC(=O)OC(CCCCCCCCC)OC(=O)CCCCCCCCCCCCCCCCCCC. The molecule has 0 fully saturated rings. The Morgan fingerprint density at radius 3 is 0.685 bits per heavy atom. The molecule has 0 aromatic rings. The van der Waals surface area contributed by atoms with Gasteiger partial charge in [-0.2, -0.15) is 0 Å². The summed E-state index contributed by atoms with van der Waals surface area (Å²) in [6.45, 7) is 6.82. The molecule has 0 aliphatic heterocycles. The number of ether oxygens (including phenoxy) is 2. The van der Waals surface area contributed by atoms with Crippen molar-refractivity contribution in [3.8, 4) is 0 Å². The maximum absolute atomic E-state index is 12.7.